The van der Waals surface area contributed by atoms with Crippen LogP contribution in [0.1, 0.15) is 24.8 Å². The molecule has 1 fully saturated rings. The van der Waals surface area contributed by atoms with Crippen LogP contribution in [0.25, 0.3) is 0 Å². The highest BCUT2D eigenvalue weighted by atomic mass is 35.5. The molecule has 1 aliphatic rings. The first-order valence-electron chi connectivity index (χ1n) is 5.97. The van der Waals surface area contributed by atoms with Crippen LogP contribution >= 0.6 is 12.4 Å². The van der Waals surface area contributed by atoms with Gasteiger partial charge in [-0.25, -0.2) is 4.39 Å². The topological polar surface area (TPSA) is 41.1 Å². The minimum atomic E-state index is -0.281. The molecule has 3 nitrogen and oxygen atoms in total. The number of amides is 1. The summed E-state index contributed by atoms with van der Waals surface area (Å²) in [7, 11) is 0. The van der Waals surface area contributed by atoms with Crippen molar-refractivity contribution in [3.05, 3.63) is 29.6 Å². The molecular formula is C13H18ClFN2O. The summed E-state index contributed by atoms with van der Waals surface area (Å²) in [6.07, 6.45) is 3.07. The third-order valence-electron chi connectivity index (χ3n) is 3.07. The molecule has 0 spiro atoms. The van der Waals surface area contributed by atoms with Crippen molar-refractivity contribution in [2.45, 2.75) is 32.2 Å². The first-order chi connectivity index (χ1) is 8.16. The Labute approximate surface area is 113 Å². The molecule has 0 radical (unpaired) electrons. The van der Waals surface area contributed by atoms with E-state index in [1.165, 1.54) is 12.1 Å². The molecule has 0 saturated carbocycles. The SMILES string of the molecule is Cc1cc(F)ccc1NC(=O)C1CCCCN1.Cl. The highest BCUT2D eigenvalue weighted by molar-refractivity contribution is 5.95. The Morgan fingerprint density at radius 3 is 2.83 bits per heavy atom. The van der Waals surface area contributed by atoms with Crippen molar-refractivity contribution in [2.75, 3.05) is 11.9 Å². The molecule has 18 heavy (non-hydrogen) atoms. The number of carbonyl (C=O) groups excluding carboxylic acids is 1. The van der Waals surface area contributed by atoms with Crippen molar-refractivity contribution in [3.63, 3.8) is 0 Å². The predicted octanol–water partition coefficient (Wildman–Crippen LogP) is 2.64. The van der Waals surface area contributed by atoms with Crippen molar-refractivity contribution >= 4 is 24.0 Å². The Bertz CT molecular complexity index is 419. The van der Waals surface area contributed by atoms with Crippen molar-refractivity contribution < 1.29 is 9.18 Å². The third-order valence-corrected chi connectivity index (χ3v) is 3.07. The highest BCUT2D eigenvalue weighted by Gasteiger charge is 2.20. The Morgan fingerprint density at radius 1 is 1.44 bits per heavy atom. The monoisotopic (exact) mass is 272 g/mol. The normalized spacial score (nSPS) is 18.9. The number of benzene rings is 1. The smallest absolute Gasteiger partial charge is 0.241 e. The van der Waals surface area contributed by atoms with E-state index in [2.05, 4.69) is 10.6 Å². The number of aryl methyl sites for hydroxylation is 1. The first-order valence-corrected chi connectivity index (χ1v) is 5.97. The van der Waals surface area contributed by atoms with Gasteiger partial charge in [0, 0.05) is 5.69 Å². The predicted molar refractivity (Wildman–Crippen MR) is 72.7 cm³/mol. The summed E-state index contributed by atoms with van der Waals surface area (Å²) in [6, 6.07) is 4.26. The number of nitrogens with one attached hydrogen (secondary N) is 2. The molecule has 0 bridgehead atoms. The summed E-state index contributed by atoms with van der Waals surface area (Å²) in [6.45, 7) is 2.67. The molecule has 0 aliphatic carbocycles. The Hall–Kier alpha value is -1.13. The summed E-state index contributed by atoms with van der Waals surface area (Å²) < 4.78 is 12.9. The molecule has 1 aromatic carbocycles. The summed E-state index contributed by atoms with van der Waals surface area (Å²) in [4.78, 5) is 11.9. The standard InChI is InChI=1S/C13H17FN2O.ClH/c1-9-8-10(14)5-6-11(9)16-13(17)12-4-2-3-7-15-12;/h5-6,8,12,15H,2-4,7H2,1H3,(H,16,17);1H. The number of hydrogen-bond acceptors (Lipinski definition) is 2. The molecule has 100 valence electrons. The van der Waals surface area contributed by atoms with Gasteiger partial charge < -0.3 is 10.6 Å². The Morgan fingerprint density at radius 2 is 2.22 bits per heavy atom. The lowest BCUT2D eigenvalue weighted by atomic mass is 10.0. The zero-order valence-electron chi connectivity index (χ0n) is 10.3. The molecule has 2 rings (SSSR count). The van der Waals surface area contributed by atoms with Gasteiger partial charge in [0.25, 0.3) is 0 Å². The van der Waals surface area contributed by atoms with Gasteiger partial charge in [0.2, 0.25) is 5.91 Å². The van der Waals surface area contributed by atoms with Crippen LogP contribution in [0, 0.1) is 12.7 Å². The largest absolute Gasteiger partial charge is 0.324 e. The van der Waals surface area contributed by atoms with Crippen molar-refractivity contribution in [1.82, 2.24) is 5.32 Å². The summed E-state index contributed by atoms with van der Waals surface area (Å²) in [5, 5.41) is 6.02. The maximum Gasteiger partial charge on any atom is 0.241 e. The minimum Gasteiger partial charge on any atom is -0.324 e. The molecule has 1 heterocycles. The number of halogens is 2. The molecule has 0 aromatic heterocycles. The molecular weight excluding hydrogens is 255 g/mol. The summed E-state index contributed by atoms with van der Waals surface area (Å²) in [5.74, 6) is -0.310. The fraction of sp³-hybridized carbons (Fsp3) is 0.462. The van der Waals surface area contributed by atoms with Crippen LogP contribution in [-0.4, -0.2) is 18.5 Å². The van der Waals surface area contributed by atoms with Gasteiger partial charge >= 0.3 is 0 Å². The lowest BCUT2D eigenvalue weighted by Crippen LogP contribution is -2.43. The average Bonchev–Trinajstić information content (AvgIpc) is 2.34. The number of hydrogen-bond donors (Lipinski definition) is 2. The van der Waals surface area contributed by atoms with Crippen LogP contribution in [0.4, 0.5) is 10.1 Å². The van der Waals surface area contributed by atoms with E-state index in [-0.39, 0.29) is 30.2 Å². The van der Waals surface area contributed by atoms with Gasteiger partial charge in [-0.3, -0.25) is 4.79 Å². The second kappa shape index (κ2) is 6.71. The Kier molecular flexibility index (Phi) is 5.56. The molecule has 1 unspecified atom stereocenters. The van der Waals surface area contributed by atoms with Crippen LogP contribution in [0.5, 0.6) is 0 Å². The van der Waals surface area contributed by atoms with Gasteiger partial charge in [0.05, 0.1) is 6.04 Å². The highest BCUT2D eigenvalue weighted by Crippen LogP contribution is 2.17. The number of anilines is 1. The van der Waals surface area contributed by atoms with E-state index in [4.69, 9.17) is 0 Å². The van der Waals surface area contributed by atoms with E-state index < -0.39 is 0 Å². The van der Waals surface area contributed by atoms with Gasteiger partial charge in [-0.05, 0) is 50.1 Å². The van der Waals surface area contributed by atoms with Crippen LogP contribution in [-0.2, 0) is 4.79 Å². The van der Waals surface area contributed by atoms with Crippen LogP contribution in [0.15, 0.2) is 18.2 Å². The number of piperidine rings is 1. The van der Waals surface area contributed by atoms with Crippen molar-refractivity contribution in [1.29, 1.82) is 0 Å². The Balaban J connectivity index is 0.00000162. The van der Waals surface area contributed by atoms with Crippen LogP contribution in [0.2, 0.25) is 0 Å². The van der Waals surface area contributed by atoms with Crippen LogP contribution in [0.3, 0.4) is 0 Å². The van der Waals surface area contributed by atoms with Crippen molar-refractivity contribution in [3.8, 4) is 0 Å². The molecule has 5 heteroatoms. The molecule has 1 aromatic rings. The van der Waals surface area contributed by atoms with E-state index >= 15 is 0 Å². The summed E-state index contributed by atoms with van der Waals surface area (Å²) >= 11 is 0. The zero-order chi connectivity index (χ0) is 12.3. The second-order valence-corrected chi connectivity index (χ2v) is 4.45. The number of carbonyl (C=O) groups is 1. The zero-order valence-corrected chi connectivity index (χ0v) is 11.1. The maximum absolute atomic E-state index is 12.9. The quantitative estimate of drug-likeness (QED) is 0.869. The molecule has 1 amide bonds. The molecule has 1 saturated heterocycles. The van der Waals surface area contributed by atoms with Gasteiger partial charge in [-0.2, -0.15) is 0 Å². The molecule has 1 aliphatic heterocycles. The van der Waals surface area contributed by atoms with E-state index in [1.807, 2.05) is 0 Å². The fourth-order valence-electron chi connectivity index (χ4n) is 2.06. The van der Waals surface area contributed by atoms with E-state index in [1.54, 1.807) is 13.0 Å². The lowest BCUT2D eigenvalue weighted by Gasteiger charge is -2.22. The number of rotatable bonds is 2. The van der Waals surface area contributed by atoms with Gasteiger partial charge in [0.15, 0.2) is 0 Å². The van der Waals surface area contributed by atoms with E-state index in [9.17, 15) is 9.18 Å². The van der Waals surface area contributed by atoms with E-state index in [0.717, 1.165) is 31.4 Å². The van der Waals surface area contributed by atoms with E-state index in [0.29, 0.717) is 5.69 Å². The second-order valence-electron chi connectivity index (χ2n) is 4.45. The third kappa shape index (κ3) is 3.68. The fourth-order valence-corrected chi connectivity index (χ4v) is 2.06. The molecule has 2 N–H and O–H groups in total. The van der Waals surface area contributed by atoms with Gasteiger partial charge in [-0.15, -0.1) is 12.4 Å². The van der Waals surface area contributed by atoms with Gasteiger partial charge in [-0.1, -0.05) is 6.42 Å². The van der Waals surface area contributed by atoms with Crippen LogP contribution < -0.4 is 10.6 Å². The van der Waals surface area contributed by atoms with Crippen molar-refractivity contribution in [2.24, 2.45) is 0 Å². The van der Waals surface area contributed by atoms with Gasteiger partial charge in [0.1, 0.15) is 5.82 Å². The lowest BCUT2D eigenvalue weighted by molar-refractivity contribution is -0.118. The average molecular weight is 273 g/mol. The molecule has 1 atom stereocenters. The summed E-state index contributed by atoms with van der Waals surface area (Å²) in [5.41, 5.74) is 1.43. The minimum absolute atomic E-state index is 0. The maximum atomic E-state index is 12.9. The first kappa shape index (κ1) is 14.9.